The van der Waals surface area contributed by atoms with Crippen LogP contribution in [0.2, 0.25) is 0 Å². The van der Waals surface area contributed by atoms with E-state index in [0.29, 0.717) is 17.3 Å². The van der Waals surface area contributed by atoms with Crippen LogP contribution in [0.3, 0.4) is 0 Å². The number of carbonyl (C=O) groups excluding carboxylic acids is 2. The number of aromatic nitrogens is 2. The zero-order valence-corrected chi connectivity index (χ0v) is 14.4. The molecular formula is C20H19N3O3. The van der Waals surface area contributed by atoms with E-state index in [1.165, 1.54) is 0 Å². The molecule has 0 unspecified atom stereocenters. The predicted octanol–water partition coefficient (Wildman–Crippen LogP) is 3.32. The van der Waals surface area contributed by atoms with Gasteiger partial charge in [0.25, 0.3) is 0 Å². The molecule has 6 nitrogen and oxygen atoms in total. The van der Waals surface area contributed by atoms with Crippen LogP contribution in [0.15, 0.2) is 59.0 Å². The van der Waals surface area contributed by atoms with Crippen molar-refractivity contribution in [3.05, 3.63) is 71.6 Å². The zero-order chi connectivity index (χ0) is 18.4. The van der Waals surface area contributed by atoms with E-state index >= 15 is 0 Å². The Morgan fingerprint density at radius 1 is 0.962 bits per heavy atom. The van der Waals surface area contributed by atoms with E-state index in [4.69, 9.17) is 4.42 Å². The number of amides is 1. The third-order valence-corrected chi connectivity index (χ3v) is 3.95. The summed E-state index contributed by atoms with van der Waals surface area (Å²) in [5, 5.41) is 10.6. The molecule has 3 aromatic rings. The van der Waals surface area contributed by atoms with Gasteiger partial charge in [0.15, 0.2) is 5.78 Å². The minimum absolute atomic E-state index is 0.0394. The van der Waals surface area contributed by atoms with Gasteiger partial charge in [0.2, 0.25) is 17.7 Å². The quantitative estimate of drug-likeness (QED) is 0.661. The van der Waals surface area contributed by atoms with Gasteiger partial charge in [-0.05, 0) is 24.6 Å². The van der Waals surface area contributed by atoms with Crippen molar-refractivity contribution >= 4 is 11.7 Å². The van der Waals surface area contributed by atoms with Gasteiger partial charge < -0.3 is 9.73 Å². The SMILES string of the molecule is Cc1ccccc1C(=O)CCC(=O)NCc1nnc(-c2ccccc2)o1. The molecule has 1 heterocycles. The number of ketones is 1. The highest BCUT2D eigenvalue weighted by atomic mass is 16.4. The van der Waals surface area contributed by atoms with Crippen molar-refractivity contribution < 1.29 is 14.0 Å². The molecule has 0 atom stereocenters. The van der Waals surface area contributed by atoms with Crippen molar-refractivity contribution in [1.82, 2.24) is 15.5 Å². The highest BCUT2D eigenvalue weighted by Crippen LogP contribution is 2.16. The van der Waals surface area contributed by atoms with E-state index in [2.05, 4.69) is 15.5 Å². The number of carbonyl (C=O) groups is 2. The Balaban J connectivity index is 1.48. The first kappa shape index (κ1) is 17.5. The maximum atomic E-state index is 12.2. The molecule has 132 valence electrons. The highest BCUT2D eigenvalue weighted by molar-refractivity contribution is 5.99. The third kappa shape index (κ3) is 4.42. The lowest BCUT2D eigenvalue weighted by Gasteiger charge is -2.05. The normalized spacial score (nSPS) is 10.5. The largest absolute Gasteiger partial charge is 0.419 e. The van der Waals surface area contributed by atoms with E-state index in [1.54, 1.807) is 6.07 Å². The van der Waals surface area contributed by atoms with Gasteiger partial charge in [-0.1, -0.05) is 42.5 Å². The molecule has 0 fully saturated rings. The maximum absolute atomic E-state index is 12.2. The van der Waals surface area contributed by atoms with Crippen molar-refractivity contribution in [2.75, 3.05) is 0 Å². The zero-order valence-electron chi connectivity index (χ0n) is 14.4. The molecule has 0 radical (unpaired) electrons. The summed E-state index contributed by atoms with van der Waals surface area (Å²) < 4.78 is 5.53. The summed E-state index contributed by atoms with van der Waals surface area (Å²) in [6.45, 7) is 2.02. The van der Waals surface area contributed by atoms with Gasteiger partial charge >= 0.3 is 0 Å². The van der Waals surface area contributed by atoms with E-state index < -0.39 is 0 Å². The lowest BCUT2D eigenvalue weighted by atomic mass is 10.0. The van der Waals surface area contributed by atoms with Crippen LogP contribution < -0.4 is 5.32 Å². The topological polar surface area (TPSA) is 85.1 Å². The van der Waals surface area contributed by atoms with E-state index in [9.17, 15) is 9.59 Å². The molecule has 0 saturated heterocycles. The number of hydrogen-bond donors (Lipinski definition) is 1. The molecule has 0 aliphatic carbocycles. The molecule has 1 N–H and O–H groups in total. The van der Waals surface area contributed by atoms with Gasteiger partial charge in [0.05, 0.1) is 6.54 Å². The molecule has 26 heavy (non-hydrogen) atoms. The lowest BCUT2D eigenvalue weighted by molar-refractivity contribution is -0.121. The number of hydrogen-bond acceptors (Lipinski definition) is 5. The van der Waals surface area contributed by atoms with Gasteiger partial charge in [-0.3, -0.25) is 9.59 Å². The number of nitrogens with one attached hydrogen (secondary N) is 1. The molecule has 0 spiro atoms. The number of aryl methyl sites for hydroxylation is 1. The summed E-state index contributed by atoms with van der Waals surface area (Å²) in [4.78, 5) is 24.1. The van der Waals surface area contributed by atoms with Crippen molar-refractivity contribution in [2.45, 2.75) is 26.3 Å². The van der Waals surface area contributed by atoms with Crippen molar-refractivity contribution in [3.8, 4) is 11.5 Å². The summed E-state index contributed by atoms with van der Waals surface area (Å²) in [6.07, 6.45) is 0.280. The van der Waals surface area contributed by atoms with Gasteiger partial charge in [0, 0.05) is 24.0 Å². The Hall–Kier alpha value is -3.28. The molecule has 0 aliphatic heterocycles. The summed E-state index contributed by atoms with van der Waals surface area (Å²) in [7, 11) is 0. The number of benzene rings is 2. The summed E-state index contributed by atoms with van der Waals surface area (Å²) in [5.41, 5.74) is 2.39. The second kappa shape index (κ2) is 8.20. The molecule has 1 aromatic heterocycles. The third-order valence-electron chi connectivity index (χ3n) is 3.95. The fourth-order valence-electron chi connectivity index (χ4n) is 2.53. The average molecular weight is 349 g/mol. The Kier molecular flexibility index (Phi) is 5.53. The number of rotatable bonds is 7. The smallest absolute Gasteiger partial charge is 0.247 e. The van der Waals surface area contributed by atoms with Gasteiger partial charge in [0.1, 0.15) is 0 Å². The summed E-state index contributed by atoms with van der Waals surface area (Å²) in [6, 6.07) is 16.8. The van der Waals surface area contributed by atoms with Crippen LogP contribution in [0.25, 0.3) is 11.5 Å². The predicted molar refractivity (Wildman–Crippen MR) is 96.3 cm³/mol. The maximum Gasteiger partial charge on any atom is 0.247 e. The van der Waals surface area contributed by atoms with E-state index in [0.717, 1.165) is 11.1 Å². The van der Waals surface area contributed by atoms with Gasteiger partial charge in [-0.25, -0.2) is 0 Å². The molecular weight excluding hydrogens is 330 g/mol. The monoisotopic (exact) mass is 349 g/mol. The van der Waals surface area contributed by atoms with Crippen LogP contribution in [-0.4, -0.2) is 21.9 Å². The van der Waals surface area contributed by atoms with Gasteiger partial charge in [-0.15, -0.1) is 10.2 Å². The Morgan fingerprint density at radius 2 is 1.69 bits per heavy atom. The van der Waals surface area contributed by atoms with Crippen molar-refractivity contribution in [2.24, 2.45) is 0 Å². The highest BCUT2D eigenvalue weighted by Gasteiger charge is 2.13. The van der Waals surface area contributed by atoms with Crippen LogP contribution >= 0.6 is 0 Å². The molecule has 3 rings (SSSR count). The standard InChI is InChI=1S/C20H19N3O3/c1-14-7-5-6-10-16(14)17(24)11-12-18(25)21-13-19-22-23-20(26-19)15-8-3-2-4-9-15/h2-10H,11-13H2,1H3,(H,21,25). The van der Waals surface area contributed by atoms with Crippen molar-refractivity contribution in [1.29, 1.82) is 0 Å². The van der Waals surface area contributed by atoms with E-state index in [1.807, 2.05) is 55.5 Å². The number of nitrogens with zero attached hydrogens (tertiary/aromatic N) is 2. The molecule has 0 aliphatic rings. The van der Waals surface area contributed by atoms with Crippen molar-refractivity contribution in [3.63, 3.8) is 0 Å². The first-order chi connectivity index (χ1) is 12.6. The first-order valence-electron chi connectivity index (χ1n) is 8.37. The van der Waals surface area contributed by atoms with Crippen LogP contribution in [-0.2, 0) is 11.3 Å². The Labute approximate surface area is 151 Å². The fraction of sp³-hybridized carbons (Fsp3) is 0.200. The summed E-state index contributed by atoms with van der Waals surface area (Å²) >= 11 is 0. The molecule has 6 heteroatoms. The molecule has 0 bridgehead atoms. The molecule has 2 aromatic carbocycles. The van der Waals surface area contributed by atoms with Crippen LogP contribution in [0.4, 0.5) is 0 Å². The second-order valence-electron chi connectivity index (χ2n) is 5.88. The van der Waals surface area contributed by atoms with Crippen LogP contribution in [0.5, 0.6) is 0 Å². The Morgan fingerprint density at radius 3 is 2.46 bits per heavy atom. The minimum atomic E-state index is -0.230. The minimum Gasteiger partial charge on any atom is -0.419 e. The lowest BCUT2D eigenvalue weighted by Crippen LogP contribution is -2.23. The van der Waals surface area contributed by atoms with Gasteiger partial charge in [-0.2, -0.15) is 0 Å². The van der Waals surface area contributed by atoms with Crippen LogP contribution in [0, 0.1) is 6.92 Å². The molecule has 0 saturated carbocycles. The second-order valence-corrected chi connectivity index (χ2v) is 5.88. The molecule has 1 amide bonds. The fourth-order valence-corrected chi connectivity index (χ4v) is 2.53. The summed E-state index contributed by atoms with van der Waals surface area (Å²) in [5.74, 6) is 0.459. The number of Topliss-reactive ketones (excluding diaryl/α,β-unsaturated/α-hetero) is 1. The average Bonchev–Trinajstić information content (AvgIpc) is 3.14. The van der Waals surface area contributed by atoms with Crippen LogP contribution in [0.1, 0.15) is 34.7 Å². The van der Waals surface area contributed by atoms with E-state index in [-0.39, 0.29) is 31.1 Å². The first-order valence-corrected chi connectivity index (χ1v) is 8.37. The Bertz CT molecular complexity index is 903.